The van der Waals surface area contributed by atoms with Crippen molar-refractivity contribution in [3.8, 4) is 28.3 Å². The third kappa shape index (κ3) is 1.42. The summed E-state index contributed by atoms with van der Waals surface area (Å²) in [6.07, 6.45) is 0. The molecule has 3 rings (SSSR count). The van der Waals surface area contributed by atoms with E-state index >= 15 is 0 Å². The molecule has 0 radical (unpaired) electrons. The SMILES string of the molecule is N#Cc1c(N)c2cc3c(N)ccc-3ccc(N)c-2c1N. The van der Waals surface area contributed by atoms with Crippen molar-refractivity contribution in [2.24, 2.45) is 0 Å². The zero-order valence-electron chi connectivity index (χ0n) is 10.6. The van der Waals surface area contributed by atoms with E-state index in [0.717, 1.165) is 11.1 Å². The molecule has 0 saturated heterocycles. The third-order valence-electron chi connectivity index (χ3n) is 3.56. The Morgan fingerprint density at radius 3 is 2.10 bits per heavy atom. The van der Waals surface area contributed by atoms with E-state index in [1.54, 1.807) is 6.07 Å². The van der Waals surface area contributed by atoms with Gasteiger partial charge in [-0.3, -0.25) is 0 Å². The molecule has 0 aromatic rings. The Morgan fingerprint density at radius 1 is 0.800 bits per heavy atom. The van der Waals surface area contributed by atoms with Gasteiger partial charge in [0, 0.05) is 28.1 Å². The molecule has 0 aromatic heterocycles. The van der Waals surface area contributed by atoms with E-state index in [0.29, 0.717) is 33.9 Å². The number of hydrogen-bond donors (Lipinski definition) is 4. The minimum atomic E-state index is 0.260. The van der Waals surface area contributed by atoms with Gasteiger partial charge in [-0.15, -0.1) is 0 Å². The standard InChI is InChI=1S/C15H13N5/c16-6-10-14(19)9-5-8-7(1-3-11(8)17)2-4-12(18)13(9)15(10)20/h1-5H,17-20H2. The maximum atomic E-state index is 9.17. The minimum Gasteiger partial charge on any atom is -0.398 e. The topological polar surface area (TPSA) is 128 Å². The molecule has 0 fully saturated rings. The van der Waals surface area contributed by atoms with Gasteiger partial charge in [0.15, 0.2) is 0 Å². The van der Waals surface area contributed by atoms with Crippen LogP contribution in [-0.4, -0.2) is 0 Å². The number of fused-ring (bicyclic) bond motifs is 2. The Morgan fingerprint density at radius 2 is 1.45 bits per heavy atom. The number of anilines is 4. The summed E-state index contributed by atoms with van der Waals surface area (Å²) in [6.45, 7) is 0. The molecule has 0 amide bonds. The summed E-state index contributed by atoms with van der Waals surface area (Å²) in [7, 11) is 0. The van der Waals surface area contributed by atoms with Crippen LogP contribution in [0, 0.1) is 11.3 Å². The lowest BCUT2D eigenvalue weighted by molar-refractivity contribution is 1.51. The lowest BCUT2D eigenvalue weighted by Crippen LogP contribution is -1.93. The second-order valence-corrected chi connectivity index (χ2v) is 4.69. The van der Waals surface area contributed by atoms with Crippen molar-refractivity contribution in [3.63, 3.8) is 0 Å². The van der Waals surface area contributed by atoms with Gasteiger partial charge in [0.05, 0.1) is 16.9 Å². The molecule has 0 spiro atoms. The smallest absolute Gasteiger partial charge is 0.104 e. The summed E-state index contributed by atoms with van der Waals surface area (Å²) in [4.78, 5) is 0. The normalized spacial score (nSPS) is 10.8. The summed E-state index contributed by atoms with van der Waals surface area (Å²) in [5, 5.41) is 9.17. The first kappa shape index (κ1) is 11.9. The minimum absolute atomic E-state index is 0.260. The molecular formula is C15H13N5. The van der Waals surface area contributed by atoms with E-state index in [1.807, 2.05) is 30.3 Å². The fourth-order valence-electron chi connectivity index (χ4n) is 2.51. The molecule has 0 heterocycles. The van der Waals surface area contributed by atoms with Crippen molar-refractivity contribution in [3.05, 3.63) is 35.9 Å². The highest BCUT2D eigenvalue weighted by atomic mass is 14.7. The van der Waals surface area contributed by atoms with E-state index in [2.05, 4.69) is 0 Å². The van der Waals surface area contributed by atoms with Crippen LogP contribution in [0.2, 0.25) is 0 Å². The molecular weight excluding hydrogens is 250 g/mol. The van der Waals surface area contributed by atoms with Gasteiger partial charge in [0.2, 0.25) is 0 Å². The van der Waals surface area contributed by atoms with Gasteiger partial charge < -0.3 is 22.9 Å². The molecule has 8 N–H and O–H groups in total. The highest BCUT2D eigenvalue weighted by Crippen LogP contribution is 2.45. The highest BCUT2D eigenvalue weighted by molar-refractivity contribution is 6.03. The second-order valence-electron chi connectivity index (χ2n) is 4.69. The average molecular weight is 263 g/mol. The van der Waals surface area contributed by atoms with Crippen LogP contribution in [0.3, 0.4) is 0 Å². The summed E-state index contributed by atoms with van der Waals surface area (Å²) in [5.74, 6) is 0. The van der Waals surface area contributed by atoms with Crippen LogP contribution in [0.4, 0.5) is 22.7 Å². The van der Waals surface area contributed by atoms with Crippen molar-refractivity contribution in [1.82, 2.24) is 0 Å². The lowest BCUT2D eigenvalue weighted by atomic mass is 10.0. The molecule has 0 bridgehead atoms. The van der Waals surface area contributed by atoms with Crippen molar-refractivity contribution in [2.75, 3.05) is 22.9 Å². The molecule has 0 unspecified atom stereocenters. The molecule has 20 heavy (non-hydrogen) atoms. The molecule has 5 heteroatoms. The fraction of sp³-hybridized carbons (Fsp3) is 0. The number of nitrogen functional groups attached to an aromatic ring is 4. The predicted molar refractivity (Wildman–Crippen MR) is 82.1 cm³/mol. The van der Waals surface area contributed by atoms with Crippen LogP contribution in [0.1, 0.15) is 5.56 Å². The summed E-state index contributed by atoms with van der Waals surface area (Å²) >= 11 is 0. The van der Waals surface area contributed by atoms with Crippen molar-refractivity contribution in [1.29, 1.82) is 5.26 Å². The van der Waals surface area contributed by atoms with Crippen molar-refractivity contribution in [2.45, 2.75) is 0 Å². The second kappa shape index (κ2) is 3.93. The Labute approximate surface area is 116 Å². The van der Waals surface area contributed by atoms with E-state index in [9.17, 15) is 0 Å². The van der Waals surface area contributed by atoms with Gasteiger partial charge in [-0.2, -0.15) is 5.26 Å². The largest absolute Gasteiger partial charge is 0.398 e. The molecule has 5 nitrogen and oxygen atoms in total. The number of nitrogens with zero attached hydrogens (tertiary/aromatic N) is 1. The van der Waals surface area contributed by atoms with Gasteiger partial charge >= 0.3 is 0 Å². The fourth-order valence-corrected chi connectivity index (χ4v) is 2.51. The molecule has 0 saturated carbocycles. The van der Waals surface area contributed by atoms with Crippen LogP contribution in [0.25, 0.3) is 22.3 Å². The van der Waals surface area contributed by atoms with Gasteiger partial charge in [-0.25, -0.2) is 0 Å². The molecule has 98 valence electrons. The van der Waals surface area contributed by atoms with E-state index in [4.69, 9.17) is 28.2 Å². The summed E-state index contributed by atoms with van der Waals surface area (Å²) < 4.78 is 0. The first-order valence-corrected chi connectivity index (χ1v) is 6.03. The van der Waals surface area contributed by atoms with E-state index < -0.39 is 0 Å². The Kier molecular flexibility index (Phi) is 2.35. The maximum absolute atomic E-state index is 9.17. The van der Waals surface area contributed by atoms with Crippen LogP contribution < -0.4 is 22.9 Å². The Bertz CT molecular complexity index is 816. The van der Waals surface area contributed by atoms with Gasteiger partial charge in [0.1, 0.15) is 6.07 Å². The first-order valence-electron chi connectivity index (χ1n) is 6.03. The zero-order chi connectivity index (χ0) is 14.4. The van der Waals surface area contributed by atoms with Crippen LogP contribution >= 0.6 is 0 Å². The number of hydrogen-bond acceptors (Lipinski definition) is 5. The molecule has 0 aromatic carbocycles. The van der Waals surface area contributed by atoms with Gasteiger partial charge in [-0.1, -0.05) is 12.1 Å². The van der Waals surface area contributed by atoms with Crippen molar-refractivity contribution < 1.29 is 0 Å². The molecule has 3 aliphatic carbocycles. The molecule has 0 aliphatic heterocycles. The highest BCUT2D eigenvalue weighted by Gasteiger charge is 2.22. The van der Waals surface area contributed by atoms with Crippen LogP contribution in [-0.2, 0) is 0 Å². The van der Waals surface area contributed by atoms with Crippen LogP contribution in [0.15, 0.2) is 30.3 Å². The predicted octanol–water partition coefficient (Wildman–Crippen LogP) is 2.10. The number of rotatable bonds is 0. The Balaban J connectivity index is 2.52. The number of nitriles is 1. The number of nitrogens with two attached hydrogens (primary N) is 4. The molecule has 3 aliphatic rings. The first-order chi connectivity index (χ1) is 9.54. The van der Waals surface area contributed by atoms with Gasteiger partial charge in [0.25, 0.3) is 0 Å². The lowest BCUT2D eigenvalue weighted by Gasteiger charge is -2.06. The summed E-state index contributed by atoms with van der Waals surface area (Å²) in [5.41, 5.74) is 29.1. The van der Waals surface area contributed by atoms with Gasteiger partial charge in [-0.05, 0) is 23.8 Å². The Hall–Kier alpha value is -3.13. The van der Waals surface area contributed by atoms with E-state index in [1.165, 1.54) is 0 Å². The molecule has 0 atom stereocenters. The zero-order valence-corrected chi connectivity index (χ0v) is 10.6. The third-order valence-corrected chi connectivity index (χ3v) is 3.56. The maximum Gasteiger partial charge on any atom is 0.104 e. The van der Waals surface area contributed by atoms with E-state index in [-0.39, 0.29) is 5.56 Å². The monoisotopic (exact) mass is 263 g/mol. The van der Waals surface area contributed by atoms with Crippen LogP contribution in [0.5, 0.6) is 0 Å². The quantitative estimate of drug-likeness (QED) is 0.493. The average Bonchev–Trinajstić information content (AvgIpc) is 2.85. The summed E-state index contributed by atoms with van der Waals surface area (Å²) in [6, 6.07) is 11.2. The van der Waals surface area contributed by atoms with Crippen molar-refractivity contribution >= 4 is 22.7 Å².